The lowest BCUT2D eigenvalue weighted by Crippen LogP contribution is -2.71. The molecule has 54 heavy (non-hydrogen) atoms. The Kier molecular flexibility index (Phi) is 12.2. The van der Waals surface area contributed by atoms with E-state index in [1.165, 1.54) is 12.5 Å². The van der Waals surface area contributed by atoms with Gasteiger partial charge in [-0.25, -0.2) is 0 Å². The van der Waals surface area contributed by atoms with Gasteiger partial charge in [-0.15, -0.1) is 0 Å². The SMILES string of the molecule is CC(C)=CCCC(O)C1CC[C@]2(C)C1[C@H](O)CC1[C@@]3(C)CC[C@H](O)C(C)(C)C3[C@@H](O[C@@H]3OC(CO)[C@@H](O)C(O)C3O[C@@H]3OC(C)[C@@H](O)C(O)C3O)C[C@]12C. The highest BCUT2D eigenvalue weighted by atomic mass is 16.8. The quantitative estimate of drug-likeness (QED) is 0.121. The van der Waals surface area contributed by atoms with Crippen molar-refractivity contribution in [2.45, 2.75) is 193 Å². The maximum absolute atomic E-state index is 12.1. The van der Waals surface area contributed by atoms with Crippen LogP contribution in [-0.2, 0) is 18.9 Å². The highest BCUT2D eigenvalue weighted by Crippen LogP contribution is 2.75. The van der Waals surface area contributed by atoms with Crippen molar-refractivity contribution in [2.24, 2.45) is 45.3 Å². The molecule has 2 saturated heterocycles. The first-order valence-corrected chi connectivity index (χ1v) is 20.4. The molecule has 0 aromatic rings. The topological polar surface area (TPSA) is 219 Å². The molecule has 9 N–H and O–H groups in total. The number of hydrogen-bond donors (Lipinski definition) is 9. The second-order valence-corrected chi connectivity index (χ2v) is 19.6. The van der Waals surface area contributed by atoms with Gasteiger partial charge < -0.3 is 64.9 Å². The van der Waals surface area contributed by atoms with Gasteiger partial charge >= 0.3 is 0 Å². The predicted octanol–water partition coefficient (Wildman–Crippen LogP) is 1.76. The molecule has 6 fully saturated rings. The van der Waals surface area contributed by atoms with Gasteiger partial charge in [-0.3, -0.25) is 0 Å². The minimum absolute atomic E-state index is 0.0524. The van der Waals surface area contributed by atoms with Crippen molar-refractivity contribution in [2.75, 3.05) is 6.61 Å². The summed E-state index contributed by atoms with van der Waals surface area (Å²) < 4.78 is 25.1. The Hall–Kier alpha value is -0.780. The van der Waals surface area contributed by atoms with E-state index in [1.54, 1.807) is 0 Å². The summed E-state index contributed by atoms with van der Waals surface area (Å²) in [5.74, 6) is -0.422. The summed E-state index contributed by atoms with van der Waals surface area (Å²) in [5, 5.41) is 99.6. The lowest BCUT2D eigenvalue weighted by atomic mass is 9.34. The van der Waals surface area contributed by atoms with E-state index in [9.17, 15) is 46.0 Å². The lowest BCUT2D eigenvalue weighted by Gasteiger charge is -2.72. The van der Waals surface area contributed by atoms with Crippen LogP contribution in [0.25, 0.3) is 0 Å². The highest BCUT2D eigenvalue weighted by Gasteiger charge is 2.73. The van der Waals surface area contributed by atoms with Crippen LogP contribution < -0.4 is 0 Å². The van der Waals surface area contributed by atoms with E-state index in [2.05, 4.69) is 40.7 Å². The van der Waals surface area contributed by atoms with E-state index in [0.717, 1.165) is 19.3 Å². The van der Waals surface area contributed by atoms with Gasteiger partial charge in [-0.1, -0.05) is 46.3 Å². The van der Waals surface area contributed by atoms with Crippen LogP contribution in [0.15, 0.2) is 11.6 Å². The van der Waals surface area contributed by atoms with E-state index in [1.807, 2.05) is 13.8 Å². The zero-order valence-electron chi connectivity index (χ0n) is 33.5. The molecule has 312 valence electrons. The number of allylic oxidation sites excluding steroid dienone is 2. The molecule has 2 aliphatic heterocycles. The minimum Gasteiger partial charge on any atom is -0.394 e. The molecule has 4 aliphatic carbocycles. The van der Waals surface area contributed by atoms with Crippen molar-refractivity contribution >= 4 is 0 Å². The summed E-state index contributed by atoms with van der Waals surface area (Å²) in [6.45, 7) is 15.9. The fourth-order valence-corrected chi connectivity index (χ4v) is 13.0. The first-order valence-electron chi connectivity index (χ1n) is 20.4. The summed E-state index contributed by atoms with van der Waals surface area (Å²) >= 11 is 0. The number of fused-ring (bicyclic) bond motifs is 5. The molecular formula is C41H70O13. The molecule has 13 heteroatoms. The maximum Gasteiger partial charge on any atom is 0.187 e. The fourth-order valence-electron chi connectivity index (χ4n) is 13.0. The molecule has 11 unspecified atom stereocenters. The number of ether oxygens (including phenoxy) is 4. The van der Waals surface area contributed by atoms with E-state index in [4.69, 9.17) is 18.9 Å². The second-order valence-electron chi connectivity index (χ2n) is 19.6. The van der Waals surface area contributed by atoms with Crippen molar-refractivity contribution in [1.82, 2.24) is 0 Å². The van der Waals surface area contributed by atoms with Crippen LogP contribution in [0.5, 0.6) is 0 Å². The third kappa shape index (κ3) is 6.86. The molecule has 0 aromatic carbocycles. The van der Waals surface area contributed by atoms with E-state index < -0.39 is 109 Å². The van der Waals surface area contributed by atoms with Crippen molar-refractivity contribution < 1.29 is 64.9 Å². The van der Waals surface area contributed by atoms with Gasteiger partial charge in [0.15, 0.2) is 12.6 Å². The predicted molar refractivity (Wildman–Crippen MR) is 196 cm³/mol. The van der Waals surface area contributed by atoms with Crippen LogP contribution in [-0.4, -0.2) is 138 Å². The molecule has 6 rings (SSSR count). The monoisotopic (exact) mass is 770 g/mol. The van der Waals surface area contributed by atoms with E-state index >= 15 is 0 Å². The van der Waals surface area contributed by atoms with Gasteiger partial charge in [0.1, 0.15) is 42.7 Å². The zero-order chi connectivity index (χ0) is 39.9. The van der Waals surface area contributed by atoms with Crippen LogP contribution in [0.3, 0.4) is 0 Å². The second kappa shape index (κ2) is 15.4. The van der Waals surface area contributed by atoms with Crippen LogP contribution >= 0.6 is 0 Å². The Morgan fingerprint density at radius 2 is 1.50 bits per heavy atom. The summed E-state index contributed by atoms with van der Waals surface area (Å²) in [4.78, 5) is 0. The fraction of sp³-hybridized carbons (Fsp3) is 0.951. The molecular weight excluding hydrogens is 700 g/mol. The third-order valence-electron chi connectivity index (χ3n) is 16.0. The molecule has 4 saturated carbocycles. The first-order chi connectivity index (χ1) is 25.1. The zero-order valence-corrected chi connectivity index (χ0v) is 33.5. The third-order valence-corrected chi connectivity index (χ3v) is 16.0. The van der Waals surface area contributed by atoms with Gasteiger partial charge in [-0.2, -0.15) is 0 Å². The molecule has 0 bridgehead atoms. The first kappa shape index (κ1) is 42.8. The van der Waals surface area contributed by atoms with Crippen molar-refractivity contribution in [3.8, 4) is 0 Å². The number of aliphatic hydroxyl groups excluding tert-OH is 9. The van der Waals surface area contributed by atoms with Gasteiger partial charge in [0.05, 0.1) is 37.1 Å². The number of aliphatic hydroxyl groups is 9. The molecule has 2 heterocycles. The molecule has 13 nitrogen and oxygen atoms in total. The van der Waals surface area contributed by atoms with Gasteiger partial charge in [0.2, 0.25) is 0 Å². The van der Waals surface area contributed by atoms with Crippen molar-refractivity contribution in [3.05, 3.63) is 11.6 Å². The van der Waals surface area contributed by atoms with Gasteiger partial charge in [0.25, 0.3) is 0 Å². The van der Waals surface area contributed by atoms with Crippen LogP contribution in [0.1, 0.15) is 107 Å². The van der Waals surface area contributed by atoms with Gasteiger partial charge in [-0.05, 0) is 117 Å². The largest absolute Gasteiger partial charge is 0.394 e. The molecule has 0 radical (unpaired) electrons. The Balaban J connectivity index is 1.37. The molecule has 0 spiro atoms. The normalized spacial score (nSPS) is 53.5. The van der Waals surface area contributed by atoms with E-state index in [0.29, 0.717) is 32.1 Å². The minimum atomic E-state index is -1.69. The number of hydrogen-bond acceptors (Lipinski definition) is 13. The Bertz CT molecular complexity index is 1340. The standard InChI is InChI=1S/C41H70O13/c1-19(2)10-9-11-22(43)21-12-15-40(7)28(21)23(44)16-26-39(6)14-13-27(45)38(4,5)35(39)24(17-41(26,40)8)52-37-34(32(49)30(47)25(18-42)53-37)54-36-33(50)31(48)29(46)20(3)51-36/h10,20-37,42-50H,9,11-18H2,1-8H3/t20?,21?,22?,23-,24+,25?,26?,27+,28?,29-,30-,31?,32?,33?,34?,35?,36+,37-,39-,40-,41-/m1/s1. The average Bonchev–Trinajstić information content (AvgIpc) is 3.48. The van der Waals surface area contributed by atoms with Crippen molar-refractivity contribution in [1.29, 1.82) is 0 Å². The summed E-state index contributed by atoms with van der Waals surface area (Å²) in [6.07, 6.45) is -9.36. The molecule has 6 aliphatic rings. The number of rotatable bonds is 9. The smallest absolute Gasteiger partial charge is 0.187 e. The molecule has 21 atom stereocenters. The molecule has 0 amide bonds. The molecule has 0 aromatic heterocycles. The van der Waals surface area contributed by atoms with E-state index in [-0.39, 0.29) is 29.1 Å². The van der Waals surface area contributed by atoms with Gasteiger partial charge in [0, 0.05) is 0 Å². The summed E-state index contributed by atoms with van der Waals surface area (Å²) in [6, 6.07) is 0. The summed E-state index contributed by atoms with van der Waals surface area (Å²) in [5.41, 5.74) is -0.657. The van der Waals surface area contributed by atoms with Crippen LogP contribution in [0, 0.1) is 45.3 Å². The Morgan fingerprint density at radius 3 is 2.15 bits per heavy atom. The Morgan fingerprint density at radius 1 is 0.815 bits per heavy atom. The lowest BCUT2D eigenvalue weighted by molar-refractivity contribution is -0.382. The average molecular weight is 771 g/mol. The Labute approximate surface area is 320 Å². The summed E-state index contributed by atoms with van der Waals surface area (Å²) in [7, 11) is 0. The maximum atomic E-state index is 12.1. The van der Waals surface area contributed by atoms with Crippen LogP contribution in [0.4, 0.5) is 0 Å². The van der Waals surface area contributed by atoms with Crippen molar-refractivity contribution in [3.63, 3.8) is 0 Å². The highest BCUT2D eigenvalue weighted by molar-refractivity contribution is 5.21. The van der Waals surface area contributed by atoms with Crippen LogP contribution in [0.2, 0.25) is 0 Å².